The second-order valence-electron chi connectivity index (χ2n) is 2.83. The zero-order chi connectivity index (χ0) is 9.80. The number of anilines is 1. The Morgan fingerprint density at radius 3 is 3.00 bits per heavy atom. The fourth-order valence-corrected chi connectivity index (χ4v) is 1.49. The minimum absolute atomic E-state index is 0.714. The first-order valence-corrected chi connectivity index (χ1v) is 5.02. The Bertz CT molecular complexity index is 400. The molecule has 0 radical (unpaired) electrons. The van der Waals surface area contributed by atoms with Gasteiger partial charge in [0.05, 0.1) is 6.26 Å². The molecule has 2 heterocycles. The third-order valence-electron chi connectivity index (χ3n) is 1.76. The first-order chi connectivity index (χ1) is 6.84. The molecular formula is C10H9BrN2O. The first-order valence-electron chi connectivity index (χ1n) is 4.22. The van der Waals surface area contributed by atoms with E-state index in [-0.39, 0.29) is 0 Å². The van der Waals surface area contributed by atoms with E-state index in [1.807, 2.05) is 24.3 Å². The van der Waals surface area contributed by atoms with E-state index in [0.717, 1.165) is 16.1 Å². The van der Waals surface area contributed by atoms with Crippen LogP contribution in [0.25, 0.3) is 0 Å². The van der Waals surface area contributed by atoms with Crippen LogP contribution in [0.2, 0.25) is 0 Å². The molecule has 72 valence electrons. The smallest absolute Gasteiger partial charge is 0.169 e. The Hall–Kier alpha value is -1.29. The van der Waals surface area contributed by atoms with Gasteiger partial charge in [-0.2, -0.15) is 0 Å². The molecule has 0 amide bonds. The summed E-state index contributed by atoms with van der Waals surface area (Å²) in [6, 6.07) is 7.69. The van der Waals surface area contributed by atoms with E-state index < -0.39 is 0 Å². The Labute approximate surface area is 90.3 Å². The second kappa shape index (κ2) is 4.28. The molecule has 0 bridgehead atoms. The largest absolute Gasteiger partial charge is 0.457 e. The SMILES string of the molecule is Brc1cc(CNc2ccccn2)co1. The van der Waals surface area contributed by atoms with Gasteiger partial charge in [0.2, 0.25) is 0 Å². The number of hydrogen-bond donors (Lipinski definition) is 1. The van der Waals surface area contributed by atoms with Gasteiger partial charge in [-0.1, -0.05) is 6.07 Å². The van der Waals surface area contributed by atoms with E-state index in [1.54, 1.807) is 12.5 Å². The molecule has 2 rings (SSSR count). The van der Waals surface area contributed by atoms with Crippen LogP contribution in [0.1, 0.15) is 5.56 Å². The van der Waals surface area contributed by atoms with Crippen LogP contribution in [0.3, 0.4) is 0 Å². The number of halogens is 1. The zero-order valence-electron chi connectivity index (χ0n) is 7.40. The standard InChI is InChI=1S/C10H9BrN2O/c11-9-5-8(7-14-9)6-13-10-3-1-2-4-12-10/h1-5,7H,6H2,(H,12,13). The lowest BCUT2D eigenvalue weighted by Gasteiger charge is -2.01. The molecule has 0 saturated carbocycles. The predicted molar refractivity (Wildman–Crippen MR) is 58.0 cm³/mol. The predicted octanol–water partition coefficient (Wildman–Crippen LogP) is 3.05. The van der Waals surface area contributed by atoms with Crippen LogP contribution in [0.4, 0.5) is 5.82 Å². The highest BCUT2D eigenvalue weighted by molar-refractivity contribution is 9.10. The Morgan fingerprint density at radius 1 is 1.43 bits per heavy atom. The summed E-state index contributed by atoms with van der Waals surface area (Å²) >= 11 is 3.25. The molecule has 4 heteroatoms. The lowest BCUT2D eigenvalue weighted by Crippen LogP contribution is -1.99. The van der Waals surface area contributed by atoms with Crippen molar-refractivity contribution in [3.05, 3.63) is 47.0 Å². The molecule has 0 atom stereocenters. The van der Waals surface area contributed by atoms with Crippen LogP contribution in [0, 0.1) is 0 Å². The average molecular weight is 253 g/mol. The van der Waals surface area contributed by atoms with E-state index in [0.29, 0.717) is 6.54 Å². The Morgan fingerprint density at radius 2 is 2.36 bits per heavy atom. The summed E-state index contributed by atoms with van der Waals surface area (Å²) in [5, 5.41) is 3.18. The van der Waals surface area contributed by atoms with Crippen molar-refractivity contribution < 1.29 is 4.42 Å². The molecule has 0 aliphatic carbocycles. The average Bonchev–Trinajstić information content (AvgIpc) is 2.63. The summed E-state index contributed by atoms with van der Waals surface area (Å²) in [6.45, 7) is 0.714. The van der Waals surface area contributed by atoms with Gasteiger partial charge in [-0.05, 0) is 34.1 Å². The molecule has 1 N–H and O–H groups in total. The minimum atomic E-state index is 0.714. The molecule has 0 aromatic carbocycles. The third kappa shape index (κ3) is 2.35. The van der Waals surface area contributed by atoms with Gasteiger partial charge in [0.1, 0.15) is 5.82 Å². The topological polar surface area (TPSA) is 38.1 Å². The maximum Gasteiger partial charge on any atom is 0.169 e. The van der Waals surface area contributed by atoms with Gasteiger partial charge in [-0.15, -0.1) is 0 Å². The van der Waals surface area contributed by atoms with E-state index in [9.17, 15) is 0 Å². The number of aromatic nitrogens is 1. The monoisotopic (exact) mass is 252 g/mol. The van der Waals surface area contributed by atoms with Gasteiger partial charge in [0.15, 0.2) is 4.67 Å². The Balaban J connectivity index is 1.95. The number of furan rings is 1. The fraction of sp³-hybridized carbons (Fsp3) is 0.100. The van der Waals surface area contributed by atoms with Gasteiger partial charge in [0, 0.05) is 18.3 Å². The van der Waals surface area contributed by atoms with Crippen LogP contribution in [-0.2, 0) is 6.54 Å². The highest BCUT2D eigenvalue weighted by Gasteiger charge is 1.98. The number of nitrogens with zero attached hydrogens (tertiary/aromatic N) is 1. The Kier molecular flexibility index (Phi) is 2.84. The van der Waals surface area contributed by atoms with Gasteiger partial charge in [-0.25, -0.2) is 4.98 Å². The van der Waals surface area contributed by atoms with Crippen molar-refractivity contribution in [2.24, 2.45) is 0 Å². The van der Waals surface area contributed by atoms with Gasteiger partial charge < -0.3 is 9.73 Å². The third-order valence-corrected chi connectivity index (χ3v) is 2.18. The number of pyridine rings is 1. The molecule has 0 unspecified atom stereocenters. The molecule has 14 heavy (non-hydrogen) atoms. The zero-order valence-corrected chi connectivity index (χ0v) is 8.99. The lowest BCUT2D eigenvalue weighted by atomic mass is 10.3. The molecule has 0 saturated heterocycles. The summed E-state index contributed by atoms with van der Waals surface area (Å²) in [5.74, 6) is 0.866. The molecule has 2 aromatic rings. The van der Waals surface area contributed by atoms with E-state index >= 15 is 0 Å². The number of nitrogens with one attached hydrogen (secondary N) is 1. The van der Waals surface area contributed by atoms with Crippen molar-refractivity contribution in [3.8, 4) is 0 Å². The van der Waals surface area contributed by atoms with Gasteiger partial charge in [-0.3, -0.25) is 0 Å². The van der Waals surface area contributed by atoms with E-state index in [2.05, 4.69) is 26.2 Å². The van der Waals surface area contributed by atoms with Crippen LogP contribution < -0.4 is 5.32 Å². The van der Waals surface area contributed by atoms with Crippen LogP contribution >= 0.6 is 15.9 Å². The summed E-state index contributed by atoms with van der Waals surface area (Å²) in [4.78, 5) is 4.15. The van der Waals surface area contributed by atoms with Crippen molar-refractivity contribution in [1.29, 1.82) is 0 Å². The lowest BCUT2D eigenvalue weighted by molar-refractivity contribution is 0.539. The summed E-state index contributed by atoms with van der Waals surface area (Å²) in [7, 11) is 0. The summed E-state index contributed by atoms with van der Waals surface area (Å²) in [5.41, 5.74) is 1.09. The van der Waals surface area contributed by atoms with Crippen LogP contribution in [0.5, 0.6) is 0 Å². The van der Waals surface area contributed by atoms with Crippen LogP contribution in [0.15, 0.2) is 45.8 Å². The van der Waals surface area contributed by atoms with Crippen molar-refractivity contribution in [3.63, 3.8) is 0 Å². The number of hydrogen-bond acceptors (Lipinski definition) is 3. The van der Waals surface area contributed by atoms with Crippen molar-refractivity contribution in [2.45, 2.75) is 6.54 Å². The molecular weight excluding hydrogens is 244 g/mol. The normalized spacial score (nSPS) is 10.1. The van der Waals surface area contributed by atoms with Gasteiger partial charge >= 0.3 is 0 Å². The van der Waals surface area contributed by atoms with Crippen molar-refractivity contribution in [1.82, 2.24) is 4.98 Å². The molecule has 0 fully saturated rings. The van der Waals surface area contributed by atoms with Gasteiger partial charge in [0.25, 0.3) is 0 Å². The quantitative estimate of drug-likeness (QED) is 0.913. The molecule has 0 aliphatic rings. The maximum absolute atomic E-state index is 5.11. The molecule has 0 aliphatic heterocycles. The van der Waals surface area contributed by atoms with Crippen molar-refractivity contribution in [2.75, 3.05) is 5.32 Å². The second-order valence-corrected chi connectivity index (χ2v) is 3.61. The van der Waals surface area contributed by atoms with E-state index in [1.165, 1.54) is 0 Å². The highest BCUT2D eigenvalue weighted by Crippen LogP contribution is 2.14. The molecule has 3 nitrogen and oxygen atoms in total. The van der Waals surface area contributed by atoms with Crippen molar-refractivity contribution >= 4 is 21.7 Å². The summed E-state index contributed by atoms with van der Waals surface area (Å²) < 4.78 is 5.85. The number of rotatable bonds is 3. The first kappa shape index (κ1) is 9.27. The molecule has 0 spiro atoms. The maximum atomic E-state index is 5.11. The summed E-state index contributed by atoms with van der Waals surface area (Å²) in [6.07, 6.45) is 3.47. The highest BCUT2D eigenvalue weighted by atomic mass is 79.9. The van der Waals surface area contributed by atoms with E-state index in [4.69, 9.17) is 4.42 Å². The molecule has 2 aromatic heterocycles. The van der Waals surface area contributed by atoms with Crippen LogP contribution in [-0.4, -0.2) is 4.98 Å². The minimum Gasteiger partial charge on any atom is -0.457 e. The fourth-order valence-electron chi connectivity index (χ4n) is 1.10.